The summed E-state index contributed by atoms with van der Waals surface area (Å²) in [7, 11) is 1.67. The second kappa shape index (κ2) is 8.27. The maximum Gasteiger partial charge on any atom is 0.315 e. The zero-order chi connectivity index (χ0) is 14.2. The third kappa shape index (κ3) is 4.80. The Kier molecular flexibility index (Phi) is 6.33. The molecule has 112 valence electrons. The van der Waals surface area contributed by atoms with Crippen molar-refractivity contribution < 1.29 is 9.53 Å². The highest BCUT2D eigenvalue weighted by atomic mass is 32.1. The van der Waals surface area contributed by atoms with Crippen molar-refractivity contribution in [3.63, 3.8) is 0 Å². The molecule has 0 spiro atoms. The lowest BCUT2D eigenvalue weighted by Gasteiger charge is -2.19. The molecule has 0 saturated heterocycles. The predicted molar refractivity (Wildman–Crippen MR) is 82.1 cm³/mol. The van der Waals surface area contributed by atoms with Crippen LogP contribution in [0.5, 0.6) is 0 Å². The maximum absolute atomic E-state index is 11.9. The summed E-state index contributed by atoms with van der Waals surface area (Å²) >= 11 is 1.64. The topological polar surface area (TPSA) is 50.4 Å². The van der Waals surface area contributed by atoms with Gasteiger partial charge in [-0.25, -0.2) is 4.79 Å². The largest absolute Gasteiger partial charge is 0.375 e. The predicted octanol–water partition coefficient (Wildman–Crippen LogP) is 3.46. The quantitative estimate of drug-likeness (QED) is 0.818. The molecule has 5 heteroatoms. The van der Waals surface area contributed by atoms with E-state index >= 15 is 0 Å². The number of carbonyl (C=O) groups excluding carboxylic acids is 1. The second-order valence-electron chi connectivity index (χ2n) is 5.32. The van der Waals surface area contributed by atoms with E-state index in [0.717, 1.165) is 18.4 Å². The van der Waals surface area contributed by atoms with E-state index in [1.54, 1.807) is 18.4 Å². The summed E-state index contributed by atoms with van der Waals surface area (Å²) in [6, 6.07) is 2.29. The molecule has 1 fully saturated rings. The van der Waals surface area contributed by atoms with E-state index in [1.807, 2.05) is 11.4 Å². The SMILES string of the molecule is COC(CNC(=O)NC1CCCCCC1)c1ccsc1. The van der Waals surface area contributed by atoms with Crippen LogP contribution in [-0.2, 0) is 4.74 Å². The number of rotatable bonds is 5. The maximum atomic E-state index is 11.9. The lowest BCUT2D eigenvalue weighted by molar-refractivity contribution is 0.104. The minimum absolute atomic E-state index is 0.0684. The first-order valence-corrected chi connectivity index (χ1v) is 8.33. The van der Waals surface area contributed by atoms with Crippen molar-refractivity contribution in [1.82, 2.24) is 10.6 Å². The van der Waals surface area contributed by atoms with Crippen molar-refractivity contribution in [2.45, 2.75) is 50.7 Å². The first kappa shape index (κ1) is 15.3. The Morgan fingerprint density at radius 3 is 2.75 bits per heavy atom. The van der Waals surface area contributed by atoms with Gasteiger partial charge in [-0.1, -0.05) is 25.7 Å². The summed E-state index contributed by atoms with van der Waals surface area (Å²) in [4.78, 5) is 11.9. The average Bonchev–Trinajstić information content (AvgIpc) is 2.85. The van der Waals surface area contributed by atoms with Crippen molar-refractivity contribution in [3.05, 3.63) is 22.4 Å². The molecule has 0 bridgehead atoms. The van der Waals surface area contributed by atoms with Gasteiger partial charge in [-0.05, 0) is 35.2 Å². The summed E-state index contributed by atoms with van der Waals surface area (Å²) < 4.78 is 5.42. The van der Waals surface area contributed by atoms with Crippen LogP contribution in [0, 0.1) is 0 Å². The van der Waals surface area contributed by atoms with Crippen LogP contribution in [0.15, 0.2) is 16.8 Å². The standard InChI is InChI=1S/C15H24N2O2S/c1-19-14(12-8-9-20-11-12)10-16-15(18)17-13-6-4-2-3-5-7-13/h8-9,11,13-14H,2-7,10H2,1H3,(H2,16,17,18). The summed E-state index contributed by atoms with van der Waals surface area (Å²) in [6.07, 6.45) is 7.17. The van der Waals surface area contributed by atoms with Crippen molar-refractivity contribution in [2.24, 2.45) is 0 Å². The number of urea groups is 1. The third-order valence-corrected chi connectivity index (χ3v) is 4.54. The Morgan fingerprint density at radius 1 is 1.40 bits per heavy atom. The zero-order valence-corrected chi connectivity index (χ0v) is 12.9. The lowest BCUT2D eigenvalue weighted by atomic mass is 10.1. The molecule has 0 radical (unpaired) electrons. The average molecular weight is 296 g/mol. The zero-order valence-electron chi connectivity index (χ0n) is 12.1. The number of methoxy groups -OCH3 is 1. The van der Waals surface area contributed by atoms with Crippen LogP contribution in [0.4, 0.5) is 4.79 Å². The third-order valence-electron chi connectivity index (χ3n) is 3.84. The number of ether oxygens (including phenoxy) is 1. The first-order chi connectivity index (χ1) is 9.79. The molecule has 2 N–H and O–H groups in total. The number of nitrogens with one attached hydrogen (secondary N) is 2. The normalized spacial score (nSPS) is 18.2. The Morgan fingerprint density at radius 2 is 2.15 bits per heavy atom. The molecule has 20 heavy (non-hydrogen) atoms. The van der Waals surface area contributed by atoms with Gasteiger partial charge < -0.3 is 15.4 Å². The molecule has 2 rings (SSSR count). The van der Waals surface area contributed by atoms with E-state index in [0.29, 0.717) is 12.6 Å². The summed E-state index contributed by atoms with van der Waals surface area (Å²) in [5, 5.41) is 10.1. The molecule has 1 saturated carbocycles. The number of amides is 2. The molecule has 1 aromatic heterocycles. The number of hydrogen-bond acceptors (Lipinski definition) is 3. The second-order valence-corrected chi connectivity index (χ2v) is 6.10. The van der Waals surface area contributed by atoms with Crippen LogP contribution < -0.4 is 10.6 Å². The number of thiophene rings is 1. The fourth-order valence-electron chi connectivity index (χ4n) is 2.64. The van der Waals surface area contributed by atoms with Gasteiger partial charge in [0, 0.05) is 19.7 Å². The van der Waals surface area contributed by atoms with Crippen molar-refractivity contribution in [3.8, 4) is 0 Å². The fraction of sp³-hybridized carbons (Fsp3) is 0.667. The van der Waals surface area contributed by atoms with Crippen LogP contribution >= 0.6 is 11.3 Å². The summed E-state index contributed by atoms with van der Waals surface area (Å²) in [5.74, 6) is 0. The van der Waals surface area contributed by atoms with E-state index in [4.69, 9.17) is 4.74 Å². The monoisotopic (exact) mass is 296 g/mol. The molecule has 1 aromatic rings. The molecule has 1 atom stereocenters. The van der Waals surface area contributed by atoms with Crippen LogP contribution in [0.2, 0.25) is 0 Å². The molecule has 1 unspecified atom stereocenters. The highest BCUT2D eigenvalue weighted by molar-refractivity contribution is 7.07. The molecule has 0 aromatic carbocycles. The molecule has 1 aliphatic rings. The van der Waals surface area contributed by atoms with E-state index in [9.17, 15) is 4.79 Å². The van der Waals surface area contributed by atoms with Gasteiger partial charge in [-0.3, -0.25) is 0 Å². The van der Waals surface area contributed by atoms with Gasteiger partial charge >= 0.3 is 6.03 Å². The lowest BCUT2D eigenvalue weighted by Crippen LogP contribution is -2.43. The number of hydrogen-bond donors (Lipinski definition) is 2. The van der Waals surface area contributed by atoms with Crippen molar-refractivity contribution in [1.29, 1.82) is 0 Å². The Labute approximate surface area is 124 Å². The Bertz CT molecular complexity index is 387. The van der Waals surface area contributed by atoms with Crippen LogP contribution in [0.1, 0.15) is 50.2 Å². The summed E-state index contributed by atoms with van der Waals surface area (Å²) in [5.41, 5.74) is 1.12. The first-order valence-electron chi connectivity index (χ1n) is 7.39. The van der Waals surface area contributed by atoms with E-state index < -0.39 is 0 Å². The minimum atomic E-state index is -0.0748. The summed E-state index contributed by atoms with van der Waals surface area (Å²) in [6.45, 7) is 0.506. The van der Waals surface area contributed by atoms with Gasteiger partial charge in [-0.2, -0.15) is 11.3 Å². The molecule has 2 amide bonds. The van der Waals surface area contributed by atoms with Gasteiger partial charge in [0.2, 0.25) is 0 Å². The van der Waals surface area contributed by atoms with Gasteiger partial charge in [0.1, 0.15) is 6.10 Å². The molecular formula is C15H24N2O2S. The minimum Gasteiger partial charge on any atom is -0.375 e. The molecule has 1 heterocycles. The van der Waals surface area contributed by atoms with Gasteiger partial charge in [0.05, 0.1) is 0 Å². The van der Waals surface area contributed by atoms with E-state index in [-0.39, 0.29) is 12.1 Å². The van der Waals surface area contributed by atoms with Crippen molar-refractivity contribution >= 4 is 17.4 Å². The fourth-order valence-corrected chi connectivity index (χ4v) is 3.34. The van der Waals surface area contributed by atoms with Gasteiger partial charge in [0.15, 0.2) is 0 Å². The smallest absolute Gasteiger partial charge is 0.315 e. The van der Waals surface area contributed by atoms with E-state index in [2.05, 4.69) is 16.0 Å². The molecular weight excluding hydrogens is 272 g/mol. The van der Waals surface area contributed by atoms with Crippen LogP contribution in [-0.4, -0.2) is 25.7 Å². The Balaban J connectivity index is 1.73. The van der Waals surface area contributed by atoms with Crippen LogP contribution in [0.25, 0.3) is 0 Å². The number of carbonyl (C=O) groups is 1. The highest BCUT2D eigenvalue weighted by Gasteiger charge is 2.16. The van der Waals surface area contributed by atoms with Crippen LogP contribution in [0.3, 0.4) is 0 Å². The molecule has 0 aliphatic heterocycles. The van der Waals surface area contributed by atoms with Crippen molar-refractivity contribution in [2.75, 3.05) is 13.7 Å². The molecule has 4 nitrogen and oxygen atoms in total. The van der Waals surface area contributed by atoms with E-state index in [1.165, 1.54) is 25.7 Å². The molecule has 1 aliphatic carbocycles. The Hall–Kier alpha value is -1.07. The highest BCUT2D eigenvalue weighted by Crippen LogP contribution is 2.19. The van der Waals surface area contributed by atoms with Gasteiger partial charge in [0.25, 0.3) is 0 Å². The van der Waals surface area contributed by atoms with Gasteiger partial charge in [-0.15, -0.1) is 0 Å².